The molecule has 3 nitrogen and oxygen atoms in total. The zero-order chi connectivity index (χ0) is 12.7. The number of hydrogen-bond donors (Lipinski definition) is 3. The molecule has 0 unspecified atom stereocenters. The third kappa shape index (κ3) is 1.59. The largest absolute Gasteiger partial charge is 1.00 e. The molecule has 118 valence electrons. The van der Waals surface area contributed by atoms with E-state index in [9.17, 15) is 0 Å². The van der Waals surface area contributed by atoms with Gasteiger partial charge in [-0.05, 0) is 49.4 Å². The zero-order valence-corrected chi connectivity index (χ0v) is 13.8. The summed E-state index contributed by atoms with van der Waals surface area (Å²) in [5, 5.41) is 7.00. The maximum Gasteiger partial charge on any atom is 0.153 e. The van der Waals surface area contributed by atoms with Gasteiger partial charge in [0.05, 0.1) is 0 Å². The third-order valence-electron chi connectivity index (χ3n) is 7.69. The van der Waals surface area contributed by atoms with E-state index >= 15 is 0 Å². The van der Waals surface area contributed by atoms with Crippen molar-refractivity contribution in [3.63, 3.8) is 0 Å². The van der Waals surface area contributed by atoms with Crippen molar-refractivity contribution in [2.75, 3.05) is 7.11 Å². The van der Waals surface area contributed by atoms with Crippen LogP contribution in [0.4, 0.5) is 0 Å². The van der Waals surface area contributed by atoms with Gasteiger partial charge in [0.2, 0.25) is 0 Å². The molecule has 8 atom stereocenters. The van der Waals surface area contributed by atoms with Crippen molar-refractivity contribution in [2.45, 2.75) is 49.6 Å². The minimum absolute atomic E-state index is 0. The Kier molecular flexibility index (Phi) is 4.20. The smallest absolute Gasteiger partial charge is 0.153 e. The highest BCUT2D eigenvalue weighted by Crippen LogP contribution is 2.71. The van der Waals surface area contributed by atoms with E-state index in [2.05, 4.69) is 0 Å². The molecule has 0 spiro atoms. The van der Waals surface area contributed by atoms with E-state index in [-0.39, 0.29) is 24.8 Å². The normalized spacial score (nSPS) is 59.4. The average molecular weight is 323 g/mol. The van der Waals surface area contributed by atoms with Crippen molar-refractivity contribution in [2.24, 2.45) is 35.5 Å². The topological polar surface area (TPSA) is 75.5 Å². The van der Waals surface area contributed by atoms with Gasteiger partial charge >= 0.3 is 0 Å². The highest BCUT2D eigenvalue weighted by molar-refractivity contribution is 5.25. The molecule has 0 aromatic rings. The molecule has 0 heterocycles. The molecule has 8 bridgehead atoms. The fourth-order valence-corrected chi connectivity index (χ4v) is 7.39. The molecule has 0 saturated heterocycles. The van der Waals surface area contributed by atoms with E-state index in [1.807, 2.05) is 0 Å². The maximum atomic E-state index is 7.00. The predicted octanol–water partition coefficient (Wildman–Crippen LogP) is -6.33. The molecule has 7 aliphatic rings. The highest BCUT2D eigenvalue weighted by atomic mass is 35.5. The second-order valence-electron chi connectivity index (χ2n) is 7.94. The summed E-state index contributed by atoms with van der Waals surface area (Å²) in [6, 6.07) is 0. The molecule has 7 fully saturated rings. The van der Waals surface area contributed by atoms with Crippen LogP contribution in [0.25, 0.3) is 0 Å². The lowest BCUT2D eigenvalue weighted by Crippen LogP contribution is -3.05. The standard InChI is InChI=1S/C14H22N2.CH4O.2ClH/c15-13-5-7-1-9-10-2-8(4-11(9)13)6-14(13,16)12(10)3-7;1-2;;/h7-12H,1-6,15-16H2;2H,1H3;2*1H/t7-,8-,9+,10+,11-,12-,13-,14-;;;/m0.../s1. The van der Waals surface area contributed by atoms with Crippen LogP contribution in [-0.4, -0.2) is 23.3 Å². The van der Waals surface area contributed by atoms with Gasteiger partial charge in [-0.3, -0.25) is 0 Å². The summed E-state index contributed by atoms with van der Waals surface area (Å²) >= 11 is 0. The number of quaternary nitrogens is 2. The van der Waals surface area contributed by atoms with Crippen LogP contribution in [0, 0.1) is 35.5 Å². The fourth-order valence-electron chi connectivity index (χ4n) is 7.39. The van der Waals surface area contributed by atoms with E-state index in [0.717, 1.165) is 42.6 Å². The Morgan fingerprint density at radius 3 is 1.45 bits per heavy atom. The first-order chi connectivity index (χ1) is 8.62. The number of aliphatic hydroxyl groups excluding tert-OH is 1. The van der Waals surface area contributed by atoms with Crippen molar-refractivity contribution < 1.29 is 41.4 Å². The Balaban J connectivity index is 0.000000354. The summed E-state index contributed by atoms with van der Waals surface area (Å²) in [7, 11) is 1.00. The number of halogens is 2. The predicted molar refractivity (Wildman–Crippen MR) is 68.0 cm³/mol. The van der Waals surface area contributed by atoms with Gasteiger partial charge in [0, 0.05) is 31.8 Å². The van der Waals surface area contributed by atoms with E-state index in [1.54, 1.807) is 12.8 Å². The van der Waals surface area contributed by atoms with Gasteiger partial charge in [-0.1, -0.05) is 0 Å². The molecule has 0 aromatic heterocycles. The lowest BCUT2D eigenvalue weighted by Gasteiger charge is -2.73. The van der Waals surface area contributed by atoms with Gasteiger partial charge in [0.1, 0.15) is 0 Å². The molecule has 7 aliphatic carbocycles. The summed E-state index contributed by atoms with van der Waals surface area (Å²) in [5.41, 5.74) is 10.4. The maximum absolute atomic E-state index is 7.00. The van der Waals surface area contributed by atoms with Crippen LogP contribution in [0.3, 0.4) is 0 Å². The van der Waals surface area contributed by atoms with Gasteiger partial charge in [-0.15, -0.1) is 0 Å². The molecular weight excluding hydrogens is 295 g/mol. The van der Waals surface area contributed by atoms with Crippen molar-refractivity contribution in [1.29, 1.82) is 0 Å². The fraction of sp³-hybridized carbons (Fsp3) is 1.00. The number of aliphatic hydroxyl groups is 1. The van der Waals surface area contributed by atoms with Crippen LogP contribution in [-0.2, 0) is 0 Å². The van der Waals surface area contributed by atoms with E-state index in [1.165, 1.54) is 25.7 Å². The second-order valence-corrected chi connectivity index (χ2v) is 7.94. The molecule has 7 N–H and O–H groups in total. The van der Waals surface area contributed by atoms with Crippen LogP contribution in [0.15, 0.2) is 0 Å². The molecule has 0 aliphatic heterocycles. The van der Waals surface area contributed by atoms with Crippen molar-refractivity contribution in [3.05, 3.63) is 0 Å². The Bertz CT molecular complexity index is 360. The molecule has 0 aromatic carbocycles. The minimum atomic E-state index is 0. The molecule has 7 rings (SSSR count). The first-order valence-electron chi connectivity index (χ1n) is 7.77. The SMILES string of the molecule is CO.[Cl-].[Cl-].[NH3+][C@@]12C[C@H]3C[C@@H]4[C@H]5C[C@@H](C[C@@H]41)C[C@]2([NH3+])[C@H]5C3. The zero-order valence-electron chi connectivity index (χ0n) is 12.3. The van der Waals surface area contributed by atoms with Gasteiger partial charge in [-0.25, -0.2) is 0 Å². The van der Waals surface area contributed by atoms with Crippen molar-refractivity contribution in [1.82, 2.24) is 0 Å². The Morgan fingerprint density at radius 2 is 1.10 bits per heavy atom. The molecule has 7 saturated carbocycles. The van der Waals surface area contributed by atoms with Crippen LogP contribution < -0.4 is 36.3 Å². The lowest BCUT2D eigenvalue weighted by molar-refractivity contribution is -0.669. The van der Waals surface area contributed by atoms with Gasteiger partial charge in [0.15, 0.2) is 11.1 Å². The van der Waals surface area contributed by atoms with E-state index < -0.39 is 0 Å². The number of hydrogen-bond acceptors (Lipinski definition) is 1. The average Bonchev–Trinajstić information content (AvgIpc) is 2.38. The Morgan fingerprint density at radius 1 is 0.750 bits per heavy atom. The monoisotopic (exact) mass is 322 g/mol. The van der Waals surface area contributed by atoms with Crippen LogP contribution in [0.2, 0.25) is 0 Å². The summed E-state index contributed by atoms with van der Waals surface area (Å²) < 4.78 is 0. The third-order valence-corrected chi connectivity index (χ3v) is 7.69. The first kappa shape index (κ1) is 16.8. The summed E-state index contributed by atoms with van der Waals surface area (Å²) in [6.45, 7) is 0. The van der Waals surface area contributed by atoms with Gasteiger partial charge in [0.25, 0.3) is 0 Å². The quantitative estimate of drug-likeness (QED) is 0.408. The summed E-state index contributed by atoms with van der Waals surface area (Å²) in [6.07, 6.45) is 9.00. The van der Waals surface area contributed by atoms with E-state index in [4.69, 9.17) is 16.6 Å². The lowest BCUT2D eigenvalue weighted by atomic mass is 9.31. The van der Waals surface area contributed by atoms with E-state index in [0.29, 0.717) is 11.1 Å². The Labute approximate surface area is 134 Å². The minimum Gasteiger partial charge on any atom is -1.00 e. The second kappa shape index (κ2) is 4.99. The van der Waals surface area contributed by atoms with Gasteiger partial charge < -0.3 is 41.4 Å². The first-order valence-corrected chi connectivity index (χ1v) is 7.77. The molecule has 0 amide bonds. The highest BCUT2D eigenvalue weighted by Gasteiger charge is 2.79. The van der Waals surface area contributed by atoms with Crippen molar-refractivity contribution >= 4 is 0 Å². The number of rotatable bonds is 0. The van der Waals surface area contributed by atoms with Crippen LogP contribution >= 0.6 is 0 Å². The molecular formula is C15H28Cl2N2O. The van der Waals surface area contributed by atoms with Crippen molar-refractivity contribution in [3.8, 4) is 0 Å². The molecule has 0 radical (unpaired) electrons. The van der Waals surface area contributed by atoms with Crippen LogP contribution in [0.1, 0.15) is 38.5 Å². The molecule has 5 heteroatoms. The van der Waals surface area contributed by atoms with Gasteiger partial charge in [-0.2, -0.15) is 0 Å². The summed E-state index contributed by atoms with van der Waals surface area (Å²) in [5.74, 6) is 6.14. The Hall–Kier alpha value is 0.460. The van der Waals surface area contributed by atoms with Crippen LogP contribution in [0.5, 0.6) is 0 Å². The summed E-state index contributed by atoms with van der Waals surface area (Å²) in [4.78, 5) is 0. The molecule has 20 heavy (non-hydrogen) atoms.